The van der Waals surface area contributed by atoms with E-state index in [-0.39, 0.29) is 11.4 Å². The fourth-order valence-corrected chi connectivity index (χ4v) is 2.01. The van der Waals surface area contributed by atoms with Crippen LogP contribution in [0.3, 0.4) is 0 Å². The third kappa shape index (κ3) is 1.72. The van der Waals surface area contributed by atoms with Crippen LogP contribution in [0.2, 0.25) is 0 Å². The minimum absolute atomic E-state index is 0.188. The van der Waals surface area contributed by atoms with Crippen LogP contribution in [-0.2, 0) is 5.54 Å². The summed E-state index contributed by atoms with van der Waals surface area (Å²) in [6, 6.07) is 5.19. The van der Waals surface area contributed by atoms with Crippen LogP contribution in [0, 0.1) is 5.82 Å². The third-order valence-corrected chi connectivity index (χ3v) is 3.25. The van der Waals surface area contributed by atoms with Gasteiger partial charge >= 0.3 is 0 Å². The van der Waals surface area contributed by atoms with Crippen LogP contribution in [0.5, 0.6) is 0 Å². The second-order valence-corrected chi connectivity index (χ2v) is 4.57. The van der Waals surface area contributed by atoms with Crippen molar-refractivity contribution in [2.45, 2.75) is 24.8 Å². The molecule has 3 heteroatoms. The quantitative estimate of drug-likeness (QED) is 0.807. The van der Waals surface area contributed by atoms with Gasteiger partial charge in [0.15, 0.2) is 0 Å². The van der Waals surface area contributed by atoms with E-state index in [1.54, 1.807) is 4.90 Å². The van der Waals surface area contributed by atoms with Crippen molar-refractivity contribution < 1.29 is 4.39 Å². The Bertz CT molecular complexity index is 370. The number of nitrogens with zero attached hydrogens (tertiary/aromatic N) is 1. The lowest BCUT2D eigenvalue weighted by molar-refractivity contribution is 0.253. The summed E-state index contributed by atoms with van der Waals surface area (Å²) in [5.41, 5.74) is 7.66. The molecule has 0 unspecified atom stereocenters. The molecule has 0 radical (unpaired) electrons. The van der Waals surface area contributed by atoms with Crippen LogP contribution < -0.4 is 10.6 Å². The Labute approximate surface area is 89.9 Å². The molecule has 1 saturated carbocycles. The molecule has 0 atom stereocenters. The Hall–Kier alpha value is -1.09. The summed E-state index contributed by atoms with van der Waals surface area (Å²) in [6.07, 6.45) is 3.18. The Morgan fingerprint density at radius 2 is 2.00 bits per heavy atom. The van der Waals surface area contributed by atoms with Crippen molar-refractivity contribution in [2.75, 3.05) is 19.0 Å². The van der Waals surface area contributed by atoms with Crippen molar-refractivity contribution in [3.8, 4) is 0 Å². The number of rotatable bonds is 2. The van der Waals surface area contributed by atoms with Crippen LogP contribution in [0.4, 0.5) is 10.1 Å². The molecule has 0 spiro atoms. The Kier molecular flexibility index (Phi) is 2.43. The maximum atomic E-state index is 13.4. The maximum absolute atomic E-state index is 13.4. The smallest absolute Gasteiger partial charge is 0.146 e. The van der Waals surface area contributed by atoms with Crippen molar-refractivity contribution >= 4 is 5.69 Å². The van der Waals surface area contributed by atoms with Crippen molar-refractivity contribution in [1.82, 2.24) is 0 Å². The number of benzene rings is 1. The largest absolute Gasteiger partial charge is 0.375 e. The number of nitrogens with two attached hydrogens (primary N) is 1. The van der Waals surface area contributed by atoms with E-state index in [4.69, 9.17) is 5.73 Å². The van der Waals surface area contributed by atoms with Crippen molar-refractivity contribution in [3.05, 3.63) is 29.6 Å². The van der Waals surface area contributed by atoms with Gasteiger partial charge in [0, 0.05) is 19.6 Å². The lowest BCUT2D eigenvalue weighted by Crippen LogP contribution is -2.43. The SMILES string of the molecule is CN(C)c1cc(C2(N)CCC2)ccc1F. The highest BCUT2D eigenvalue weighted by Crippen LogP contribution is 2.39. The molecule has 15 heavy (non-hydrogen) atoms. The number of anilines is 1. The van der Waals surface area contributed by atoms with E-state index in [9.17, 15) is 4.39 Å². The highest BCUT2D eigenvalue weighted by atomic mass is 19.1. The van der Waals surface area contributed by atoms with E-state index in [1.165, 1.54) is 12.5 Å². The molecule has 0 amide bonds. The van der Waals surface area contributed by atoms with Gasteiger partial charge in [-0.1, -0.05) is 6.07 Å². The molecule has 1 fully saturated rings. The Morgan fingerprint density at radius 1 is 1.33 bits per heavy atom. The predicted octanol–water partition coefficient (Wildman–Crippen LogP) is 2.23. The van der Waals surface area contributed by atoms with Crippen LogP contribution in [0.1, 0.15) is 24.8 Å². The van der Waals surface area contributed by atoms with E-state index < -0.39 is 0 Å². The summed E-state index contributed by atoms with van der Waals surface area (Å²) < 4.78 is 13.4. The summed E-state index contributed by atoms with van der Waals surface area (Å²) in [5.74, 6) is -0.188. The average Bonchev–Trinajstić information content (AvgIpc) is 2.14. The summed E-state index contributed by atoms with van der Waals surface area (Å²) >= 11 is 0. The summed E-state index contributed by atoms with van der Waals surface area (Å²) in [7, 11) is 3.68. The molecule has 0 aromatic heterocycles. The standard InChI is InChI=1S/C12H17FN2/c1-15(2)11-8-9(4-5-10(11)13)12(14)6-3-7-12/h4-5,8H,3,6-7,14H2,1-2H3. The topological polar surface area (TPSA) is 29.3 Å². The minimum atomic E-state index is -0.210. The van der Waals surface area contributed by atoms with Gasteiger partial charge in [-0.25, -0.2) is 4.39 Å². The molecule has 0 saturated heterocycles. The molecule has 1 aliphatic carbocycles. The number of hydrogen-bond acceptors (Lipinski definition) is 2. The average molecular weight is 208 g/mol. The molecule has 0 bridgehead atoms. The normalized spacial score (nSPS) is 18.4. The monoisotopic (exact) mass is 208 g/mol. The van der Waals surface area contributed by atoms with Gasteiger partial charge in [0.1, 0.15) is 5.82 Å². The van der Waals surface area contributed by atoms with Crippen molar-refractivity contribution in [1.29, 1.82) is 0 Å². The van der Waals surface area contributed by atoms with E-state index in [0.29, 0.717) is 5.69 Å². The van der Waals surface area contributed by atoms with Gasteiger partial charge in [0.2, 0.25) is 0 Å². The fraction of sp³-hybridized carbons (Fsp3) is 0.500. The first-order chi connectivity index (χ1) is 7.03. The molecule has 1 aliphatic rings. The van der Waals surface area contributed by atoms with Crippen LogP contribution in [-0.4, -0.2) is 14.1 Å². The second-order valence-electron chi connectivity index (χ2n) is 4.57. The van der Waals surface area contributed by atoms with E-state index in [0.717, 1.165) is 18.4 Å². The molecule has 2 nitrogen and oxygen atoms in total. The first-order valence-corrected chi connectivity index (χ1v) is 5.29. The number of hydrogen-bond donors (Lipinski definition) is 1. The van der Waals surface area contributed by atoms with Crippen molar-refractivity contribution in [3.63, 3.8) is 0 Å². The van der Waals surface area contributed by atoms with Crippen LogP contribution in [0.25, 0.3) is 0 Å². The van der Waals surface area contributed by atoms with Gasteiger partial charge in [-0.15, -0.1) is 0 Å². The molecule has 0 heterocycles. The van der Waals surface area contributed by atoms with Crippen molar-refractivity contribution in [2.24, 2.45) is 5.73 Å². The predicted molar refractivity (Wildman–Crippen MR) is 60.4 cm³/mol. The molecular weight excluding hydrogens is 191 g/mol. The summed E-state index contributed by atoms with van der Waals surface area (Å²) in [4.78, 5) is 1.78. The second kappa shape index (κ2) is 3.49. The minimum Gasteiger partial charge on any atom is -0.375 e. The molecular formula is C12H17FN2. The summed E-state index contributed by atoms with van der Waals surface area (Å²) in [5, 5.41) is 0. The lowest BCUT2D eigenvalue weighted by Gasteiger charge is -2.39. The Balaban J connectivity index is 2.38. The highest BCUT2D eigenvalue weighted by molar-refractivity contribution is 5.50. The molecule has 2 rings (SSSR count). The van der Waals surface area contributed by atoms with Gasteiger partial charge in [-0.05, 0) is 37.0 Å². The van der Waals surface area contributed by atoms with Gasteiger partial charge in [0.25, 0.3) is 0 Å². The molecule has 82 valence electrons. The number of halogens is 1. The molecule has 1 aromatic carbocycles. The van der Waals surface area contributed by atoms with E-state index >= 15 is 0 Å². The van der Waals surface area contributed by atoms with Crippen LogP contribution >= 0.6 is 0 Å². The first kappa shape index (κ1) is 10.4. The molecule has 2 N–H and O–H groups in total. The summed E-state index contributed by atoms with van der Waals surface area (Å²) in [6.45, 7) is 0. The Morgan fingerprint density at radius 3 is 2.47 bits per heavy atom. The first-order valence-electron chi connectivity index (χ1n) is 5.29. The zero-order valence-electron chi connectivity index (χ0n) is 9.26. The van der Waals surface area contributed by atoms with Crippen LogP contribution in [0.15, 0.2) is 18.2 Å². The zero-order valence-corrected chi connectivity index (χ0v) is 9.26. The third-order valence-electron chi connectivity index (χ3n) is 3.25. The van der Waals surface area contributed by atoms with Gasteiger partial charge in [-0.2, -0.15) is 0 Å². The van der Waals surface area contributed by atoms with E-state index in [1.807, 2.05) is 26.2 Å². The van der Waals surface area contributed by atoms with Gasteiger partial charge < -0.3 is 10.6 Å². The molecule has 1 aromatic rings. The fourth-order valence-electron chi connectivity index (χ4n) is 2.01. The van der Waals surface area contributed by atoms with Gasteiger partial charge in [-0.3, -0.25) is 0 Å². The maximum Gasteiger partial charge on any atom is 0.146 e. The lowest BCUT2D eigenvalue weighted by atomic mass is 9.72. The highest BCUT2D eigenvalue weighted by Gasteiger charge is 2.34. The molecule has 0 aliphatic heterocycles. The zero-order chi connectivity index (χ0) is 11.1. The van der Waals surface area contributed by atoms with E-state index in [2.05, 4.69) is 0 Å². The van der Waals surface area contributed by atoms with Gasteiger partial charge in [0.05, 0.1) is 5.69 Å².